The number of phosphoric ester groups is 1. The first kappa shape index (κ1) is 46.0. The van der Waals surface area contributed by atoms with Crippen LogP contribution in [0.3, 0.4) is 0 Å². The molecule has 2 N–H and O–H groups in total. The van der Waals surface area contributed by atoms with Crippen LogP contribution in [0.5, 0.6) is 0 Å². The van der Waals surface area contributed by atoms with E-state index in [4.69, 9.17) is 19.3 Å². The smallest absolute Gasteiger partial charge is 0.462 e. The molecule has 0 radical (unpaired) electrons. The predicted molar refractivity (Wildman–Crippen MR) is 198 cm³/mol. The van der Waals surface area contributed by atoms with Gasteiger partial charge in [-0.1, -0.05) is 133 Å². The van der Waals surface area contributed by atoms with E-state index < -0.39 is 32.5 Å². The third-order valence-electron chi connectivity index (χ3n) is 7.83. The van der Waals surface area contributed by atoms with Gasteiger partial charge in [-0.15, -0.1) is 0 Å². The molecule has 0 aromatic carbocycles. The van der Waals surface area contributed by atoms with Gasteiger partial charge in [-0.2, -0.15) is 0 Å². The summed E-state index contributed by atoms with van der Waals surface area (Å²) in [6, 6.07) is 0. The zero-order valence-corrected chi connectivity index (χ0v) is 31.3. The van der Waals surface area contributed by atoms with Gasteiger partial charge in [0.15, 0.2) is 6.10 Å². The number of carbonyl (C=O) groups excluding carboxylic acids is 2. The molecule has 0 aliphatic heterocycles. The molecule has 278 valence electrons. The molecule has 0 aliphatic carbocycles. The maximum atomic E-state index is 12.4. The standard InChI is InChI=1S/C39H69O8P/c1-3-5-7-9-11-13-15-17-19-21-23-25-27-29-31-33-38(40)45-35-37(36-46-48(42,43)44)47-39(41)34-32-30-28-26-24-22-20-18-16-14-12-10-8-6-4-2/h6,8,12,14,17-20,37H,3-5,7,9-11,13,15-16,21-36H2,1-2H3,(H2,42,43,44)/b8-6+,14-12+,19-17+,20-18+/t37-/m1/s1. The molecule has 48 heavy (non-hydrogen) atoms. The SMILES string of the molecule is CC/C=C/C/C=C/C/C=C/CCCCCCCC(=O)O[C@H](COC(=O)CCCCCCC/C=C/CCCCCCCC)COP(=O)(O)O. The average molecular weight is 697 g/mol. The number of hydrogen-bond acceptors (Lipinski definition) is 6. The zero-order chi connectivity index (χ0) is 35.4. The van der Waals surface area contributed by atoms with E-state index >= 15 is 0 Å². The van der Waals surface area contributed by atoms with E-state index in [-0.39, 0.29) is 19.4 Å². The number of allylic oxidation sites excluding steroid dienone is 8. The van der Waals surface area contributed by atoms with Crippen LogP contribution in [0.15, 0.2) is 48.6 Å². The van der Waals surface area contributed by atoms with Crippen LogP contribution < -0.4 is 0 Å². The lowest BCUT2D eigenvalue weighted by molar-refractivity contribution is -0.161. The van der Waals surface area contributed by atoms with Crippen molar-refractivity contribution in [2.45, 2.75) is 174 Å². The third kappa shape index (κ3) is 36.8. The summed E-state index contributed by atoms with van der Waals surface area (Å²) in [5, 5.41) is 0. The Morgan fingerprint density at radius 1 is 0.562 bits per heavy atom. The summed E-state index contributed by atoms with van der Waals surface area (Å²) >= 11 is 0. The van der Waals surface area contributed by atoms with E-state index in [1.54, 1.807) is 0 Å². The van der Waals surface area contributed by atoms with Crippen LogP contribution in [0.4, 0.5) is 0 Å². The minimum Gasteiger partial charge on any atom is -0.462 e. The summed E-state index contributed by atoms with van der Waals surface area (Å²) in [4.78, 5) is 42.7. The lowest BCUT2D eigenvalue weighted by Crippen LogP contribution is -2.29. The topological polar surface area (TPSA) is 119 Å². The minimum atomic E-state index is -4.76. The molecule has 0 fully saturated rings. The van der Waals surface area contributed by atoms with Gasteiger partial charge >= 0.3 is 19.8 Å². The van der Waals surface area contributed by atoms with E-state index in [9.17, 15) is 14.2 Å². The highest BCUT2D eigenvalue weighted by Crippen LogP contribution is 2.36. The molecule has 0 spiro atoms. The van der Waals surface area contributed by atoms with Gasteiger partial charge in [0.05, 0.1) is 6.61 Å². The summed E-state index contributed by atoms with van der Waals surface area (Å²) in [5.41, 5.74) is 0. The molecule has 0 unspecified atom stereocenters. The Morgan fingerprint density at radius 2 is 1.00 bits per heavy atom. The molecule has 1 atom stereocenters. The summed E-state index contributed by atoms with van der Waals surface area (Å²) in [6.07, 6.45) is 41.1. The van der Waals surface area contributed by atoms with Crippen molar-refractivity contribution < 1.29 is 37.9 Å². The van der Waals surface area contributed by atoms with E-state index in [0.29, 0.717) is 12.8 Å². The molecule has 0 rings (SSSR count). The van der Waals surface area contributed by atoms with E-state index in [1.165, 1.54) is 44.9 Å². The number of phosphoric acid groups is 1. The van der Waals surface area contributed by atoms with Crippen molar-refractivity contribution in [2.75, 3.05) is 13.2 Å². The van der Waals surface area contributed by atoms with Crippen molar-refractivity contribution in [3.05, 3.63) is 48.6 Å². The van der Waals surface area contributed by atoms with Crippen LogP contribution in [0.1, 0.15) is 168 Å². The highest BCUT2D eigenvalue weighted by atomic mass is 31.2. The Morgan fingerprint density at radius 3 is 1.52 bits per heavy atom. The van der Waals surface area contributed by atoms with Crippen molar-refractivity contribution in [1.29, 1.82) is 0 Å². The summed E-state index contributed by atoms with van der Waals surface area (Å²) in [6.45, 7) is 3.53. The molecule has 9 heteroatoms. The molecule has 0 aliphatic rings. The molecule has 0 saturated heterocycles. The Hall–Kier alpha value is -1.99. The van der Waals surface area contributed by atoms with Gasteiger partial charge in [-0.25, -0.2) is 4.57 Å². The monoisotopic (exact) mass is 696 g/mol. The fraction of sp³-hybridized carbons (Fsp3) is 0.744. The van der Waals surface area contributed by atoms with Gasteiger partial charge in [0.2, 0.25) is 0 Å². The highest BCUT2D eigenvalue weighted by molar-refractivity contribution is 7.46. The molecular formula is C39H69O8P. The van der Waals surface area contributed by atoms with Crippen molar-refractivity contribution >= 4 is 19.8 Å². The average Bonchev–Trinajstić information content (AvgIpc) is 3.05. The zero-order valence-electron chi connectivity index (χ0n) is 30.4. The van der Waals surface area contributed by atoms with E-state index in [1.807, 2.05) is 0 Å². The number of rotatable bonds is 34. The third-order valence-corrected chi connectivity index (χ3v) is 8.32. The van der Waals surface area contributed by atoms with Gasteiger partial charge < -0.3 is 19.3 Å². The van der Waals surface area contributed by atoms with Crippen molar-refractivity contribution in [2.24, 2.45) is 0 Å². The van der Waals surface area contributed by atoms with Crippen LogP contribution in [-0.2, 0) is 28.2 Å². The molecule has 0 aromatic rings. The number of hydrogen-bond donors (Lipinski definition) is 2. The lowest BCUT2D eigenvalue weighted by Gasteiger charge is -2.18. The Bertz CT molecular complexity index is 921. The maximum Gasteiger partial charge on any atom is 0.469 e. The van der Waals surface area contributed by atoms with Gasteiger partial charge in [0, 0.05) is 12.8 Å². The summed E-state index contributed by atoms with van der Waals surface area (Å²) in [7, 11) is -4.76. The van der Waals surface area contributed by atoms with E-state index in [2.05, 4.69) is 67.0 Å². The summed E-state index contributed by atoms with van der Waals surface area (Å²) in [5.74, 6) is -0.917. The van der Waals surface area contributed by atoms with Crippen LogP contribution in [-0.4, -0.2) is 41.0 Å². The molecule has 0 aromatic heterocycles. The second kappa shape index (κ2) is 34.9. The summed E-state index contributed by atoms with van der Waals surface area (Å²) < 4.78 is 26.3. The van der Waals surface area contributed by atoms with E-state index in [0.717, 1.165) is 83.5 Å². The molecule has 0 bridgehead atoms. The van der Waals surface area contributed by atoms with Crippen LogP contribution in [0.2, 0.25) is 0 Å². The molecule has 0 heterocycles. The molecular weight excluding hydrogens is 627 g/mol. The van der Waals surface area contributed by atoms with Crippen LogP contribution in [0.25, 0.3) is 0 Å². The predicted octanol–water partition coefficient (Wildman–Crippen LogP) is 11.2. The highest BCUT2D eigenvalue weighted by Gasteiger charge is 2.22. The quantitative estimate of drug-likeness (QED) is 0.0295. The lowest BCUT2D eigenvalue weighted by atomic mass is 10.1. The number of unbranched alkanes of at least 4 members (excludes halogenated alkanes) is 16. The number of carbonyl (C=O) groups is 2. The fourth-order valence-corrected chi connectivity index (χ4v) is 5.39. The Balaban J connectivity index is 4.01. The maximum absolute atomic E-state index is 12.4. The van der Waals surface area contributed by atoms with Crippen molar-refractivity contribution in [3.8, 4) is 0 Å². The molecule has 0 amide bonds. The van der Waals surface area contributed by atoms with Gasteiger partial charge in [-0.05, 0) is 70.6 Å². The first-order chi connectivity index (χ1) is 23.3. The Labute approximate surface area is 293 Å². The molecule has 0 saturated carbocycles. The van der Waals surface area contributed by atoms with Crippen LogP contribution in [0, 0.1) is 0 Å². The first-order valence-corrected chi connectivity index (χ1v) is 20.5. The largest absolute Gasteiger partial charge is 0.469 e. The van der Waals surface area contributed by atoms with Gasteiger partial charge in [0.25, 0.3) is 0 Å². The number of ether oxygens (including phenoxy) is 2. The van der Waals surface area contributed by atoms with Gasteiger partial charge in [0.1, 0.15) is 6.61 Å². The molecule has 8 nitrogen and oxygen atoms in total. The second-order valence-electron chi connectivity index (χ2n) is 12.5. The van der Waals surface area contributed by atoms with Gasteiger partial charge in [-0.3, -0.25) is 14.1 Å². The van der Waals surface area contributed by atoms with Crippen molar-refractivity contribution in [3.63, 3.8) is 0 Å². The van der Waals surface area contributed by atoms with Crippen LogP contribution >= 0.6 is 7.82 Å². The fourth-order valence-electron chi connectivity index (χ4n) is 5.03. The first-order valence-electron chi connectivity index (χ1n) is 18.9. The number of esters is 2. The Kier molecular flexibility index (Phi) is 33.4. The van der Waals surface area contributed by atoms with Crippen molar-refractivity contribution in [1.82, 2.24) is 0 Å². The second-order valence-corrected chi connectivity index (χ2v) is 13.8. The minimum absolute atomic E-state index is 0.189. The normalized spacial score (nSPS) is 13.0.